The Morgan fingerprint density at radius 2 is 1.14 bits per heavy atom. The maximum atomic E-state index is 12.1. The van der Waals surface area contributed by atoms with Crippen LogP contribution in [-0.4, -0.2) is 76.6 Å². The molecule has 8 heteroatoms. The molecular weight excluding hydrogens is 446 g/mol. The van der Waals surface area contributed by atoms with Crippen LogP contribution in [0.2, 0.25) is 0 Å². The van der Waals surface area contributed by atoms with E-state index in [4.69, 9.17) is 11.1 Å². The second-order valence-electron chi connectivity index (χ2n) is 9.01. The lowest BCUT2D eigenvalue weighted by Gasteiger charge is -2.36. The van der Waals surface area contributed by atoms with Crippen LogP contribution < -0.4 is 20.9 Å². The van der Waals surface area contributed by atoms with Gasteiger partial charge in [-0.1, -0.05) is 24.3 Å². The van der Waals surface area contributed by atoms with Gasteiger partial charge in [0.1, 0.15) is 0 Å². The second kappa shape index (κ2) is 14.5. The highest BCUT2D eigenvalue weighted by molar-refractivity contribution is 5.75. The first-order valence-corrected chi connectivity index (χ1v) is 12.7. The number of alkyl halides is 2. The molecule has 2 aromatic carbocycles. The van der Waals surface area contributed by atoms with Crippen molar-refractivity contribution < 1.29 is 8.78 Å². The zero-order chi connectivity index (χ0) is 24.9. The third-order valence-corrected chi connectivity index (χ3v) is 6.54. The smallest absolute Gasteiger partial charge is 0.188 e. The Bertz CT molecular complexity index is 860. The molecule has 2 fully saturated rings. The number of nitrogens with one attached hydrogen (secondary N) is 2. The van der Waals surface area contributed by atoms with Crippen molar-refractivity contribution in [3.05, 3.63) is 59.7 Å². The zero-order valence-corrected chi connectivity index (χ0v) is 20.7. The molecule has 0 atom stereocenters. The zero-order valence-electron chi connectivity index (χ0n) is 20.7. The first kappa shape index (κ1) is 26.7. The van der Waals surface area contributed by atoms with E-state index >= 15 is 0 Å². The molecule has 0 bridgehead atoms. The predicted molar refractivity (Wildman–Crippen MR) is 142 cm³/mol. The molecule has 2 aromatic rings. The molecule has 6 nitrogen and oxygen atoms in total. The van der Waals surface area contributed by atoms with Crippen LogP contribution in [0.15, 0.2) is 48.5 Å². The topological polar surface area (TPSA) is 71.6 Å². The van der Waals surface area contributed by atoms with Crippen LogP contribution in [-0.2, 0) is 12.8 Å². The van der Waals surface area contributed by atoms with Gasteiger partial charge in [-0.25, -0.2) is 0 Å². The molecule has 35 heavy (non-hydrogen) atoms. The highest BCUT2D eigenvalue weighted by Gasteiger charge is 2.17. The number of halogens is 2. The number of nitrogens with zero attached hydrogens (tertiary/aromatic N) is 3. The lowest BCUT2D eigenvalue weighted by atomic mass is 10.1. The highest BCUT2D eigenvalue weighted by Crippen LogP contribution is 2.18. The lowest BCUT2D eigenvalue weighted by Crippen LogP contribution is -2.50. The Labute approximate surface area is 208 Å². The molecule has 2 aliphatic rings. The van der Waals surface area contributed by atoms with Gasteiger partial charge in [0, 0.05) is 63.7 Å². The van der Waals surface area contributed by atoms with Gasteiger partial charge in [0.25, 0.3) is 0 Å². The number of hydrogen-bond donors (Lipinski definition) is 3. The molecule has 0 spiro atoms. The summed E-state index contributed by atoms with van der Waals surface area (Å²) in [6.07, 6.45) is 2.87. The predicted octanol–water partition coefficient (Wildman–Crippen LogP) is 3.60. The third-order valence-electron chi connectivity index (χ3n) is 6.54. The molecule has 2 heterocycles. The van der Waals surface area contributed by atoms with Gasteiger partial charge in [-0.05, 0) is 61.1 Å². The van der Waals surface area contributed by atoms with Crippen molar-refractivity contribution in [1.29, 1.82) is 5.41 Å². The SMILES string of the molecule is FCCCc1ccc(N2CCNCC2)cc1.N=C(N)N1CCN(c2ccc(CCCF)cc2)CC1. The van der Waals surface area contributed by atoms with E-state index in [1.54, 1.807) is 0 Å². The van der Waals surface area contributed by atoms with Gasteiger partial charge in [-0.2, -0.15) is 0 Å². The van der Waals surface area contributed by atoms with Crippen LogP contribution in [0.4, 0.5) is 20.2 Å². The van der Waals surface area contributed by atoms with Crippen molar-refractivity contribution in [2.45, 2.75) is 25.7 Å². The number of piperazine rings is 2. The summed E-state index contributed by atoms with van der Waals surface area (Å²) >= 11 is 0. The summed E-state index contributed by atoms with van der Waals surface area (Å²) in [5.74, 6) is 0.154. The van der Waals surface area contributed by atoms with Gasteiger partial charge in [-0.15, -0.1) is 0 Å². The molecule has 4 rings (SSSR count). The molecule has 0 aromatic heterocycles. The average Bonchev–Trinajstić information content (AvgIpc) is 2.92. The number of benzene rings is 2. The number of anilines is 2. The van der Waals surface area contributed by atoms with Crippen molar-refractivity contribution in [2.24, 2.45) is 5.73 Å². The van der Waals surface area contributed by atoms with Crippen molar-refractivity contribution in [3.8, 4) is 0 Å². The van der Waals surface area contributed by atoms with Crippen LogP contribution in [0.5, 0.6) is 0 Å². The van der Waals surface area contributed by atoms with E-state index in [0.29, 0.717) is 12.8 Å². The van der Waals surface area contributed by atoms with Gasteiger partial charge in [0.2, 0.25) is 0 Å². The molecule has 0 aliphatic carbocycles. The second-order valence-corrected chi connectivity index (χ2v) is 9.01. The summed E-state index contributed by atoms with van der Waals surface area (Å²) in [5, 5.41) is 10.7. The fourth-order valence-corrected chi connectivity index (χ4v) is 4.42. The first-order valence-electron chi connectivity index (χ1n) is 12.7. The van der Waals surface area contributed by atoms with E-state index in [0.717, 1.165) is 65.2 Å². The van der Waals surface area contributed by atoms with Crippen molar-refractivity contribution in [3.63, 3.8) is 0 Å². The highest BCUT2D eigenvalue weighted by atomic mass is 19.1. The minimum atomic E-state index is -0.255. The summed E-state index contributed by atoms with van der Waals surface area (Å²) in [5.41, 5.74) is 10.4. The summed E-state index contributed by atoms with van der Waals surface area (Å²) in [4.78, 5) is 6.56. The molecule has 4 N–H and O–H groups in total. The Balaban J connectivity index is 0.000000198. The van der Waals surface area contributed by atoms with Gasteiger partial charge in [0.15, 0.2) is 5.96 Å². The molecular formula is C27H40F2N6. The molecule has 2 aliphatic heterocycles. The van der Waals surface area contributed by atoms with Crippen molar-refractivity contribution >= 4 is 17.3 Å². The first-order chi connectivity index (χ1) is 17.1. The standard InChI is InChI=1S/C14H21FN4.C13H19FN2/c15-7-1-2-12-3-5-13(6-4-12)18-8-10-19(11-9-18)14(16)17;14-7-1-2-12-3-5-13(6-4-12)16-10-8-15-9-11-16/h3-6H,1-2,7-11H2,(H3,16,17);3-6,15H,1-2,7-11H2. The van der Waals surface area contributed by atoms with E-state index in [9.17, 15) is 8.78 Å². The summed E-state index contributed by atoms with van der Waals surface area (Å²) in [6.45, 7) is 7.12. The summed E-state index contributed by atoms with van der Waals surface area (Å²) in [7, 11) is 0. The van der Waals surface area contributed by atoms with Gasteiger partial charge in [0.05, 0.1) is 13.3 Å². The quantitative estimate of drug-likeness (QED) is 0.393. The molecule has 0 unspecified atom stereocenters. The van der Waals surface area contributed by atoms with Gasteiger partial charge < -0.3 is 25.8 Å². The number of nitrogens with two attached hydrogens (primary N) is 1. The molecule has 192 valence electrons. The minimum Gasteiger partial charge on any atom is -0.370 e. The third kappa shape index (κ3) is 8.69. The Morgan fingerprint density at radius 3 is 1.54 bits per heavy atom. The van der Waals surface area contributed by atoms with Crippen LogP contribution in [0, 0.1) is 5.41 Å². The monoisotopic (exact) mass is 486 g/mol. The summed E-state index contributed by atoms with van der Waals surface area (Å²) < 4.78 is 24.1. The van der Waals surface area contributed by atoms with Gasteiger partial charge in [-0.3, -0.25) is 14.2 Å². The maximum absolute atomic E-state index is 12.1. The number of aryl methyl sites for hydroxylation is 2. The number of guanidine groups is 1. The van der Waals surface area contributed by atoms with E-state index < -0.39 is 0 Å². The van der Waals surface area contributed by atoms with Crippen LogP contribution in [0.25, 0.3) is 0 Å². The fraction of sp³-hybridized carbons (Fsp3) is 0.519. The van der Waals surface area contributed by atoms with E-state index in [2.05, 4.69) is 63.6 Å². The summed E-state index contributed by atoms with van der Waals surface area (Å²) in [6, 6.07) is 16.9. The largest absolute Gasteiger partial charge is 0.370 e. The van der Waals surface area contributed by atoms with E-state index in [-0.39, 0.29) is 19.3 Å². The van der Waals surface area contributed by atoms with E-state index in [1.165, 1.54) is 22.5 Å². The number of hydrogen-bond acceptors (Lipinski definition) is 4. The lowest BCUT2D eigenvalue weighted by molar-refractivity contribution is 0.380. The van der Waals surface area contributed by atoms with Crippen molar-refractivity contribution in [2.75, 3.05) is 75.5 Å². The average molecular weight is 487 g/mol. The minimum absolute atomic E-state index is 0.154. The Morgan fingerprint density at radius 1 is 0.714 bits per heavy atom. The normalized spacial score (nSPS) is 16.0. The van der Waals surface area contributed by atoms with Gasteiger partial charge >= 0.3 is 0 Å². The van der Waals surface area contributed by atoms with E-state index in [1.807, 2.05) is 4.90 Å². The number of rotatable bonds is 8. The van der Waals surface area contributed by atoms with Crippen LogP contribution in [0.3, 0.4) is 0 Å². The molecule has 2 saturated heterocycles. The van der Waals surface area contributed by atoms with Crippen LogP contribution in [0.1, 0.15) is 24.0 Å². The van der Waals surface area contributed by atoms with Crippen LogP contribution >= 0.6 is 0 Å². The Kier molecular flexibility index (Phi) is 11.1. The maximum Gasteiger partial charge on any atom is 0.188 e. The molecule has 0 amide bonds. The van der Waals surface area contributed by atoms with Crippen molar-refractivity contribution in [1.82, 2.24) is 10.2 Å². The molecule has 0 radical (unpaired) electrons. The fourth-order valence-electron chi connectivity index (χ4n) is 4.42. The Hall–Kier alpha value is -2.87. The molecule has 0 saturated carbocycles.